The third kappa shape index (κ3) is 8.49. The van der Waals surface area contributed by atoms with Crippen LogP contribution in [0.4, 0.5) is 0 Å². The Balaban J connectivity index is 4.30. The molecule has 1 nitrogen and oxygen atoms in total. The Labute approximate surface area is 114 Å². The molecule has 1 unspecified atom stereocenters. The summed E-state index contributed by atoms with van der Waals surface area (Å²) in [6, 6.07) is 0. The molecule has 0 amide bonds. The standard InChI is InChI=1S/C17H32O/c1-6-8-10-11-13-15(12-9-7-2)14-16(18)17(3,4)5/h11,13,15H,6-10,12,14H2,1-5H3/b13-11+. The molecule has 0 aliphatic heterocycles. The Kier molecular flexibility index (Phi) is 9.05. The summed E-state index contributed by atoms with van der Waals surface area (Å²) in [5.41, 5.74) is -0.193. The monoisotopic (exact) mass is 252 g/mol. The molecule has 0 heterocycles. The fourth-order valence-corrected chi connectivity index (χ4v) is 1.89. The largest absolute Gasteiger partial charge is 0.299 e. The fraction of sp³-hybridized carbons (Fsp3) is 0.824. The average Bonchev–Trinajstić information content (AvgIpc) is 2.29. The van der Waals surface area contributed by atoms with Gasteiger partial charge in [0.25, 0.3) is 0 Å². The van der Waals surface area contributed by atoms with Crippen LogP contribution in [0.3, 0.4) is 0 Å². The van der Waals surface area contributed by atoms with E-state index in [1.807, 2.05) is 20.8 Å². The highest BCUT2D eigenvalue weighted by Gasteiger charge is 2.23. The minimum atomic E-state index is -0.193. The van der Waals surface area contributed by atoms with Crippen molar-refractivity contribution >= 4 is 5.78 Å². The number of hydrogen-bond donors (Lipinski definition) is 0. The summed E-state index contributed by atoms with van der Waals surface area (Å²) in [6.45, 7) is 10.5. The minimum absolute atomic E-state index is 0.193. The lowest BCUT2D eigenvalue weighted by molar-refractivity contribution is -0.127. The Hall–Kier alpha value is -0.590. The van der Waals surface area contributed by atoms with E-state index in [1.165, 1.54) is 25.7 Å². The van der Waals surface area contributed by atoms with Gasteiger partial charge in [0, 0.05) is 11.8 Å². The highest BCUT2D eigenvalue weighted by Crippen LogP contribution is 2.23. The van der Waals surface area contributed by atoms with Crippen LogP contribution in [0.5, 0.6) is 0 Å². The van der Waals surface area contributed by atoms with Gasteiger partial charge in [-0.25, -0.2) is 0 Å². The first kappa shape index (κ1) is 17.4. The molecule has 18 heavy (non-hydrogen) atoms. The van der Waals surface area contributed by atoms with Crippen LogP contribution in [-0.2, 0) is 4.79 Å². The van der Waals surface area contributed by atoms with Crippen molar-refractivity contribution in [3.8, 4) is 0 Å². The summed E-state index contributed by atoms with van der Waals surface area (Å²) in [6.07, 6.45) is 12.5. The summed E-state index contributed by atoms with van der Waals surface area (Å²) < 4.78 is 0. The van der Waals surface area contributed by atoms with E-state index in [1.54, 1.807) is 0 Å². The molecule has 0 saturated carbocycles. The highest BCUT2D eigenvalue weighted by atomic mass is 16.1. The molecule has 0 fully saturated rings. The zero-order valence-corrected chi connectivity index (χ0v) is 13.1. The van der Waals surface area contributed by atoms with Crippen LogP contribution in [0, 0.1) is 11.3 Å². The molecular weight excluding hydrogens is 220 g/mol. The topological polar surface area (TPSA) is 17.1 Å². The van der Waals surface area contributed by atoms with Gasteiger partial charge in [0.15, 0.2) is 0 Å². The lowest BCUT2D eigenvalue weighted by Crippen LogP contribution is -2.22. The Bertz CT molecular complexity index is 245. The molecule has 0 rings (SSSR count). The van der Waals surface area contributed by atoms with Crippen molar-refractivity contribution in [3.63, 3.8) is 0 Å². The average molecular weight is 252 g/mol. The maximum absolute atomic E-state index is 12.1. The Morgan fingerprint density at radius 1 is 1.11 bits per heavy atom. The lowest BCUT2D eigenvalue weighted by atomic mass is 9.83. The third-order valence-corrected chi connectivity index (χ3v) is 3.35. The van der Waals surface area contributed by atoms with Crippen molar-refractivity contribution < 1.29 is 4.79 Å². The smallest absolute Gasteiger partial charge is 0.138 e. The maximum Gasteiger partial charge on any atom is 0.138 e. The quantitative estimate of drug-likeness (QED) is 0.388. The first-order valence-electron chi connectivity index (χ1n) is 7.61. The summed E-state index contributed by atoms with van der Waals surface area (Å²) in [5, 5.41) is 0. The molecule has 0 bridgehead atoms. The Morgan fingerprint density at radius 2 is 1.72 bits per heavy atom. The number of allylic oxidation sites excluding steroid dienone is 2. The van der Waals surface area contributed by atoms with Gasteiger partial charge in [-0.05, 0) is 18.8 Å². The maximum atomic E-state index is 12.1. The molecule has 0 N–H and O–H groups in total. The van der Waals surface area contributed by atoms with E-state index in [2.05, 4.69) is 26.0 Å². The van der Waals surface area contributed by atoms with E-state index in [0.717, 1.165) is 12.8 Å². The van der Waals surface area contributed by atoms with Gasteiger partial charge >= 0.3 is 0 Å². The van der Waals surface area contributed by atoms with E-state index in [9.17, 15) is 4.79 Å². The summed E-state index contributed by atoms with van der Waals surface area (Å²) >= 11 is 0. The lowest BCUT2D eigenvalue weighted by Gasteiger charge is -2.20. The summed E-state index contributed by atoms with van der Waals surface area (Å²) in [5.74, 6) is 0.845. The SMILES string of the molecule is CCCC/C=C/C(CCCC)CC(=O)C(C)(C)C. The van der Waals surface area contributed by atoms with Crippen molar-refractivity contribution in [2.24, 2.45) is 11.3 Å². The van der Waals surface area contributed by atoms with Crippen molar-refractivity contribution in [2.45, 2.75) is 79.6 Å². The number of hydrogen-bond acceptors (Lipinski definition) is 1. The molecule has 0 aromatic heterocycles. The van der Waals surface area contributed by atoms with Gasteiger partial charge in [0.1, 0.15) is 5.78 Å². The van der Waals surface area contributed by atoms with Gasteiger partial charge in [0.2, 0.25) is 0 Å². The van der Waals surface area contributed by atoms with E-state index in [0.29, 0.717) is 18.1 Å². The van der Waals surface area contributed by atoms with E-state index < -0.39 is 0 Å². The van der Waals surface area contributed by atoms with Crippen LogP contribution in [0.1, 0.15) is 79.6 Å². The second-order valence-electron chi connectivity index (χ2n) is 6.35. The number of Topliss-reactive ketones (excluding diaryl/α,β-unsaturated/α-hetero) is 1. The fourth-order valence-electron chi connectivity index (χ4n) is 1.89. The minimum Gasteiger partial charge on any atom is -0.299 e. The van der Waals surface area contributed by atoms with Gasteiger partial charge < -0.3 is 0 Å². The highest BCUT2D eigenvalue weighted by molar-refractivity contribution is 5.83. The third-order valence-electron chi connectivity index (χ3n) is 3.35. The second kappa shape index (κ2) is 9.35. The van der Waals surface area contributed by atoms with Crippen LogP contribution in [0.2, 0.25) is 0 Å². The molecule has 0 aliphatic carbocycles. The molecule has 0 aliphatic rings. The predicted molar refractivity (Wildman–Crippen MR) is 80.8 cm³/mol. The number of carbonyl (C=O) groups excluding carboxylic acids is 1. The summed E-state index contributed by atoms with van der Waals surface area (Å²) in [4.78, 5) is 12.1. The van der Waals surface area contributed by atoms with Crippen LogP contribution in [0.15, 0.2) is 12.2 Å². The molecule has 0 spiro atoms. The number of unbranched alkanes of at least 4 members (excludes halogenated alkanes) is 3. The van der Waals surface area contributed by atoms with Crippen LogP contribution in [0.25, 0.3) is 0 Å². The van der Waals surface area contributed by atoms with Gasteiger partial charge in [-0.1, -0.05) is 72.5 Å². The molecule has 106 valence electrons. The normalized spacial score (nSPS) is 14.1. The predicted octanol–water partition coefficient (Wildman–Crippen LogP) is 5.54. The van der Waals surface area contributed by atoms with Crippen molar-refractivity contribution in [3.05, 3.63) is 12.2 Å². The Morgan fingerprint density at radius 3 is 2.22 bits per heavy atom. The first-order chi connectivity index (χ1) is 8.41. The van der Waals surface area contributed by atoms with Crippen LogP contribution < -0.4 is 0 Å². The zero-order chi connectivity index (χ0) is 14.0. The van der Waals surface area contributed by atoms with Crippen molar-refractivity contribution in [1.29, 1.82) is 0 Å². The van der Waals surface area contributed by atoms with Crippen molar-refractivity contribution in [2.75, 3.05) is 0 Å². The van der Waals surface area contributed by atoms with Gasteiger partial charge in [-0.2, -0.15) is 0 Å². The van der Waals surface area contributed by atoms with Gasteiger partial charge in [-0.15, -0.1) is 0 Å². The van der Waals surface area contributed by atoms with Crippen molar-refractivity contribution in [1.82, 2.24) is 0 Å². The molecule has 0 radical (unpaired) electrons. The molecule has 1 heteroatoms. The number of carbonyl (C=O) groups is 1. The zero-order valence-electron chi connectivity index (χ0n) is 13.1. The molecular formula is C17H32O. The van der Waals surface area contributed by atoms with Gasteiger partial charge in [-0.3, -0.25) is 4.79 Å². The molecule has 0 aromatic carbocycles. The van der Waals surface area contributed by atoms with Crippen LogP contribution >= 0.6 is 0 Å². The van der Waals surface area contributed by atoms with E-state index in [-0.39, 0.29) is 5.41 Å². The van der Waals surface area contributed by atoms with Gasteiger partial charge in [0.05, 0.1) is 0 Å². The molecule has 0 aromatic rings. The molecule has 1 atom stereocenters. The summed E-state index contributed by atoms with van der Waals surface area (Å²) in [7, 11) is 0. The number of ketones is 1. The van der Waals surface area contributed by atoms with E-state index >= 15 is 0 Å². The second-order valence-corrected chi connectivity index (χ2v) is 6.35. The number of rotatable bonds is 9. The molecule has 0 saturated heterocycles. The van der Waals surface area contributed by atoms with E-state index in [4.69, 9.17) is 0 Å². The first-order valence-corrected chi connectivity index (χ1v) is 7.61. The van der Waals surface area contributed by atoms with Crippen LogP contribution in [-0.4, -0.2) is 5.78 Å².